The fraction of sp³-hybridized carbons (Fsp3) is 0.227. The number of sulfonamides is 1. The summed E-state index contributed by atoms with van der Waals surface area (Å²) in [6.45, 7) is 2.83. The van der Waals surface area contributed by atoms with Gasteiger partial charge in [0, 0.05) is 25.3 Å². The van der Waals surface area contributed by atoms with Gasteiger partial charge < -0.3 is 9.88 Å². The maximum absolute atomic E-state index is 12.9. The topological polar surface area (TPSA) is 82.3 Å². The molecule has 0 bridgehead atoms. The number of nitrogens with one attached hydrogen (secondary N) is 2. The molecule has 1 aromatic heterocycles. The van der Waals surface area contributed by atoms with Crippen molar-refractivity contribution in [1.82, 2.24) is 14.6 Å². The van der Waals surface area contributed by atoms with E-state index in [1.54, 1.807) is 35.4 Å². The highest BCUT2D eigenvalue weighted by molar-refractivity contribution is 7.89. The van der Waals surface area contributed by atoms with E-state index in [2.05, 4.69) is 9.71 Å². The van der Waals surface area contributed by atoms with Gasteiger partial charge in [0.1, 0.15) is 5.69 Å². The van der Waals surface area contributed by atoms with Crippen LogP contribution >= 0.6 is 0 Å². The van der Waals surface area contributed by atoms with Crippen LogP contribution in [0.25, 0.3) is 0 Å². The van der Waals surface area contributed by atoms with Crippen molar-refractivity contribution in [2.45, 2.75) is 30.8 Å². The van der Waals surface area contributed by atoms with Crippen LogP contribution in [0.5, 0.6) is 0 Å². The third-order valence-corrected chi connectivity index (χ3v) is 6.79. The van der Waals surface area contributed by atoms with Gasteiger partial charge in [0.15, 0.2) is 0 Å². The summed E-state index contributed by atoms with van der Waals surface area (Å²) in [7, 11) is -3.68. The van der Waals surface area contributed by atoms with Crippen molar-refractivity contribution in [2.24, 2.45) is 0 Å². The lowest BCUT2D eigenvalue weighted by Gasteiger charge is -2.29. The van der Waals surface area contributed by atoms with Crippen LogP contribution in [0.2, 0.25) is 0 Å². The highest BCUT2D eigenvalue weighted by atomic mass is 32.2. The molecule has 3 aromatic rings. The van der Waals surface area contributed by atoms with Crippen LogP contribution in [0.15, 0.2) is 71.8 Å². The number of nitrogens with zero attached hydrogens (tertiary/aromatic N) is 1. The van der Waals surface area contributed by atoms with E-state index in [1.807, 2.05) is 43.3 Å². The first-order valence-electron chi connectivity index (χ1n) is 9.56. The molecule has 0 fully saturated rings. The maximum Gasteiger partial charge on any atom is 0.270 e. The summed E-state index contributed by atoms with van der Waals surface area (Å²) in [6.07, 6.45) is 2.42. The molecular formula is C22H23N3O3S. The summed E-state index contributed by atoms with van der Waals surface area (Å²) in [5, 5.41) is 0. The Labute approximate surface area is 170 Å². The van der Waals surface area contributed by atoms with E-state index in [4.69, 9.17) is 0 Å². The van der Waals surface area contributed by atoms with Gasteiger partial charge in [-0.1, -0.05) is 36.4 Å². The number of aromatic nitrogens is 1. The zero-order valence-electron chi connectivity index (χ0n) is 16.1. The number of amides is 1. The predicted molar refractivity (Wildman–Crippen MR) is 111 cm³/mol. The van der Waals surface area contributed by atoms with Crippen molar-refractivity contribution in [3.05, 3.63) is 89.2 Å². The predicted octanol–water partition coefficient (Wildman–Crippen LogP) is 3.25. The first-order valence-corrected chi connectivity index (χ1v) is 11.0. The molecule has 0 radical (unpaired) electrons. The number of rotatable bonds is 5. The normalized spacial score (nSPS) is 15.0. The fourth-order valence-electron chi connectivity index (χ4n) is 3.62. The Balaban J connectivity index is 1.54. The summed E-state index contributed by atoms with van der Waals surface area (Å²) in [6, 6.07) is 17.8. The molecule has 1 atom stereocenters. The van der Waals surface area contributed by atoms with E-state index in [1.165, 1.54) is 0 Å². The first kappa shape index (κ1) is 19.4. The van der Waals surface area contributed by atoms with Crippen LogP contribution < -0.4 is 4.72 Å². The minimum absolute atomic E-state index is 0.0789. The van der Waals surface area contributed by atoms with Crippen molar-refractivity contribution < 1.29 is 13.2 Å². The third-order valence-electron chi connectivity index (χ3n) is 5.25. The molecule has 0 saturated carbocycles. The van der Waals surface area contributed by atoms with Gasteiger partial charge in [0.2, 0.25) is 10.0 Å². The highest BCUT2D eigenvalue weighted by Crippen LogP contribution is 2.24. The molecule has 2 heterocycles. The second-order valence-corrected chi connectivity index (χ2v) is 8.96. The van der Waals surface area contributed by atoms with E-state index >= 15 is 0 Å². The molecule has 4 rings (SSSR count). The Morgan fingerprint density at radius 1 is 1.07 bits per heavy atom. The summed E-state index contributed by atoms with van der Waals surface area (Å²) in [5.41, 5.74) is 3.38. The third kappa shape index (κ3) is 4.11. The van der Waals surface area contributed by atoms with Crippen LogP contribution in [0.4, 0.5) is 0 Å². The summed E-state index contributed by atoms with van der Waals surface area (Å²) in [5.74, 6) is -0.0789. The van der Waals surface area contributed by atoms with Gasteiger partial charge >= 0.3 is 0 Å². The van der Waals surface area contributed by atoms with Crippen molar-refractivity contribution in [3.8, 4) is 0 Å². The molecule has 29 heavy (non-hydrogen) atoms. The van der Waals surface area contributed by atoms with E-state index in [0.717, 1.165) is 16.7 Å². The molecule has 6 nitrogen and oxygen atoms in total. The van der Waals surface area contributed by atoms with Crippen molar-refractivity contribution >= 4 is 15.9 Å². The number of benzene rings is 2. The van der Waals surface area contributed by atoms with Gasteiger partial charge in [-0.2, -0.15) is 0 Å². The number of fused-ring (bicyclic) bond motifs is 1. The molecule has 0 aliphatic carbocycles. The lowest BCUT2D eigenvalue weighted by Crippen LogP contribution is -2.36. The molecule has 2 N–H and O–H groups in total. The Morgan fingerprint density at radius 2 is 1.86 bits per heavy atom. The summed E-state index contributed by atoms with van der Waals surface area (Å²) in [4.78, 5) is 17.5. The standard InChI is InChI=1S/C22H23N3O3S/c1-16(17-6-3-2-4-7-17)24-29(27,28)20-10-9-18-11-13-25(15-19(18)14-20)22(26)21-8-5-12-23-21/h2-10,12,14,16,23-24H,11,13,15H2,1H3. The Bertz CT molecular complexity index is 1110. The lowest BCUT2D eigenvalue weighted by molar-refractivity contribution is 0.0729. The number of hydrogen-bond donors (Lipinski definition) is 2. The van der Waals surface area contributed by atoms with Gasteiger partial charge in [-0.15, -0.1) is 0 Å². The first-order chi connectivity index (χ1) is 13.9. The van der Waals surface area contributed by atoms with E-state index < -0.39 is 10.0 Å². The number of aromatic amines is 1. The SMILES string of the molecule is CC(NS(=O)(=O)c1ccc2c(c1)CN(C(=O)c1ccc[nH]1)CC2)c1ccccc1. The van der Waals surface area contributed by atoms with Crippen LogP contribution in [0, 0.1) is 0 Å². The van der Waals surface area contributed by atoms with Crippen LogP contribution in [-0.4, -0.2) is 30.8 Å². The summed E-state index contributed by atoms with van der Waals surface area (Å²) < 4.78 is 28.6. The van der Waals surface area contributed by atoms with Crippen molar-refractivity contribution in [3.63, 3.8) is 0 Å². The Kier molecular flexibility index (Phi) is 5.25. The second-order valence-electron chi connectivity index (χ2n) is 7.24. The molecule has 2 aromatic carbocycles. The van der Waals surface area contributed by atoms with Gasteiger partial charge in [0.05, 0.1) is 4.90 Å². The van der Waals surface area contributed by atoms with E-state index in [9.17, 15) is 13.2 Å². The molecule has 1 amide bonds. The van der Waals surface area contributed by atoms with Crippen molar-refractivity contribution in [1.29, 1.82) is 0 Å². The zero-order chi connectivity index (χ0) is 20.4. The minimum Gasteiger partial charge on any atom is -0.357 e. The number of hydrogen-bond acceptors (Lipinski definition) is 3. The van der Waals surface area contributed by atoms with Crippen molar-refractivity contribution in [2.75, 3.05) is 6.54 Å². The number of carbonyl (C=O) groups excluding carboxylic acids is 1. The fourth-order valence-corrected chi connectivity index (χ4v) is 4.90. The number of H-pyrrole nitrogens is 1. The van der Waals surface area contributed by atoms with Crippen LogP contribution in [-0.2, 0) is 23.0 Å². The molecule has 1 unspecified atom stereocenters. The molecule has 1 aliphatic rings. The minimum atomic E-state index is -3.68. The van der Waals surface area contributed by atoms with E-state index in [-0.39, 0.29) is 16.8 Å². The molecule has 0 saturated heterocycles. The summed E-state index contributed by atoms with van der Waals surface area (Å²) >= 11 is 0. The van der Waals surface area contributed by atoms with Crippen LogP contribution in [0.1, 0.15) is 40.1 Å². The quantitative estimate of drug-likeness (QED) is 0.679. The average molecular weight is 410 g/mol. The maximum atomic E-state index is 12.9. The van der Waals surface area contributed by atoms with Gasteiger partial charge in [-0.3, -0.25) is 4.79 Å². The molecule has 7 heteroatoms. The lowest BCUT2D eigenvalue weighted by atomic mass is 9.99. The second kappa shape index (κ2) is 7.85. The number of carbonyl (C=O) groups is 1. The van der Waals surface area contributed by atoms with Crippen LogP contribution in [0.3, 0.4) is 0 Å². The molecular weight excluding hydrogens is 386 g/mol. The van der Waals surface area contributed by atoms with Gasteiger partial charge in [0.25, 0.3) is 5.91 Å². The largest absolute Gasteiger partial charge is 0.357 e. The average Bonchev–Trinajstić information content (AvgIpc) is 3.27. The monoisotopic (exact) mass is 409 g/mol. The van der Waals surface area contributed by atoms with Gasteiger partial charge in [-0.25, -0.2) is 13.1 Å². The molecule has 0 spiro atoms. The molecule has 150 valence electrons. The smallest absolute Gasteiger partial charge is 0.270 e. The highest BCUT2D eigenvalue weighted by Gasteiger charge is 2.25. The van der Waals surface area contributed by atoms with Gasteiger partial charge in [-0.05, 0) is 54.3 Å². The zero-order valence-corrected chi connectivity index (χ0v) is 16.9. The Morgan fingerprint density at radius 3 is 2.59 bits per heavy atom. The Hall–Kier alpha value is -2.90. The molecule has 1 aliphatic heterocycles. The van der Waals surface area contributed by atoms with E-state index in [0.29, 0.717) is 25.2 Å².